The first-order chi connectivity index (χ1) is 9.01. The van der Waals surface area contributed by atoms with Crippen LogP contribution in [0.4, 0.5) is 8.78 Å². The molecule has 0 radical (unpaired) electrons. The van der Waals surface area contributed by atoms with E-state index < -0.39 is 18.4 Å². The average molecular weight is 272 g/mol. The standard InChI is InChI=1S/C15H22F2O2/c1-3-9-15(18,11-14(16)17)12-5-7-13(8-6-12)19-10-4-2/h5-8,14,18H,3-4,9-11H2,1-2H3. The van der Waals surface area contributed by atoms with E-state index in [-0.39, 0.29) is 0 Å². The van der Waals surface area contributed by atoms with Gasteiger partial charge in [-0.3, -0.25) is 0 Å². The van der Waals surface area contributed by atoms with E-state index in [4.69, 9.17) is 4.74 Å². The van der Waals surface area contributed by atoms with Gasteiger partial charge in [-0.05, 0) is 30.5 Å². The molecule has 1 rings (SSSR count). The van der Waals surface area contributed by atoms with Crippen molar-refractivity contribution in [1.29, 1.82) is 0 Å². The zero-order valence-electron chi connectivity index (χ0n) is 11.5. The molecular weight excluding hydrogens is 250 g/mol. The Balaban J connectivity index is 2.84. The first-order valence-electron chi connectivity index (χ1n) is 6.75. The third kappa shape index (κ3) is 4.78. The van der Waals surface area contributed by atoms with Gasteiger partial charge in [0, 0.05) is 6.42 Å². The highest BCUT2D eigenvalue weighted by molar-refractivity contribution is 5.31. The van der Waals surface area contributed by atoms with Crippen molar-refractivity contribution in [1.82, 2.24) is 0 Å². The molecule has 19 heavy (non-hydrogen) atoms. The van der Waals surface area contributed by atoms with Gasteiger partial charge >= 0.3 is 0 Å². The minimum absolute atomic E-state index is 0.326. The van der Waals surface area contributed by atoms with E-state index in [1.807, 2.05) is 13.8 Å². The smallest absolute Gasteiger partial charge is 0.241 e. The van der Waals surface area contributed by atoms with Crippen molar-refractivity contribution < 1.29 is 18.6 Å². The summed E-state index contributed by atoms with van der Waals surface area (Å²) in [4.78, 5) is 0. The lowest BCUT2D eigenvalue weighted by molar-refractivity contribution is -0.0334. The summed E-state index contributed by atoms with van der Waals surface area (Å²) in [5.74, 6) is 0.696. The summed E-state index contributed by atoms with van der Waals surface area (Å²) in [6, 6.07) is 6.78. The molecule has 0 fully saturated rings. The Labute approximate surface area is 113 Å². The zero-order valence-corrected chi connectivity index (χ0v) is 11.5. The van der Waals surface area contributed by atoms with Crippen LogP contribution in [0.2, 0.25) is 0 Å². The first kappa shape index (κ1) is 15.9. The Bertz CT molecular complexity index is 365. The summed E-state index contributed by atoms with van der Waals surface area (Å²) in [5, 5.41) is 10.4. The second-order valence-corrected chi connectivity index (χ2v) is 4.75. The summed E-state index contributed by atoms with van der Waals surface area (Å²) in [5.41, 5.74) is -0.926. The molecule has 0 heterocycles. The maximum atomic E-state index is 12.6. The molecule has 1 aromatic rings. The Hall–Kier alpha value is -1.16. The molecule has 1 atom stereocenters. The summed E-state index contributed by atoms with van der Waals surface area (Å²) < 4.78 is 30.6. The number of hydrogen-bond donors (Lipinski definition) is 1. The minimum atomic E-state index is -2.52. The molecule has 4 heteroatoms. The van der Waals surface area contributed by atoms with Crippen molar-refractivity contribution in [2.75, 3.05) is 6.61 Å². The maximum Gasteiger partial charge on any atom is 0.241 e. The SMILES string of the molecule is CCCOc1ccc(C(O)(CCC)CC(F)F)cc1. The van der Waals surface area contributed by atoms with Gasteiger partial charge in [0.05, 0.1) is 12.2 Å². The molecule has 1 aromatic carbocycles. The van der Waals surface area contributed by atoms with Crippen molar-refractivity contribution >= 4 is 0 Å². The molecule has 1 N–H and O–H groups in total. The van der Waals surface area contributed by atoms with Crippen LogP contribution in [0.3, 0.4) is 0 Å². The van der Waals surface area contributed by atoms with Crippen LogP contribution in [0.5, 0.6) is 5.75 Å². The molecule has 0 saturated carbocycles. The van der Waals surface area contributed by atoms with E-state index >= 15 is 0 Å². The first-order valence-corrected chi connectivity index (χ1v) is 6.75. The fourth-order valence-corrected chi connectivity index (χ4v) is 2.11. The van der Waals surface area contributed by atoms with Crippen LogP contribution in [0.1, 0.15) is 45.1 Å². The van der Waals surface area contributed by atoms with Crippen LogP contribution in [0.15, 0.2) is 24.3 Å². The van der Waals surface area contributed by atoms with Gasteiger partial charge in [-0.15, -0.1) is 0 Å². The Kier molecular flexibility index (Phi) is 6.22. The normalized spacial score (nSPS) is 14.4. The highest BCUT2D eigenvalue weighted by atomic mass is 19.3. The molecule has 0 bridgehead atoms. The topological polar surface area (TPSA) is 29.5 Å². The zero-order chi connectivity index (χ0) is 14.3. The lowest BCUT2D eigenvalue weighted by atomic mass is 9.86. The van der Waals surface area contributed by atoms with Crippen molar-refractivity contribution in [3.63, 3.8) is 0 Å². The number of rotatable bonds is 8. The van der Waals surface area contributed by atoms with Crippen LogP contribution in [0, 0.1) is 0 Å². The van der Waals surface area contributed by atoms with Gasteiger partial charge in [-0.1, -0.05) is 32.4 Å². The molecule has 108 valence electrons. The third-order valence-electron chi connectivity index (χ3n) is 3.02. The Morgan fingerprint density at radius 1 is 1.16 bits per heavy atom. The van der Waals surface area contributed by atoms with Crippen LogP contribution in [-0.2, 0) is 5.60 Å². The average Bonchev–Trinajstić information content (AvgIpc) is 2.36. The second kappa shape index (κ2) is 7.43. The van der Waals surface area contributed by atoms with Crippen LogP contribution >= 0.6 is 0 Å². The number of hydrogen-bond acceptors (Lipinski definition) is 2. The highest BCUT2D eigenvalue weighted by Gasteiger charge is 2.31. The van der Waals surface area contributed by atoms with Gasteiger partial charge in [-0.2, -0.15) is 0 Å². The maximum absolute atomic E-state index is 12.6. The quantitative estimate of drug-likeness (QED) is 0.771. The molecule has 0 amide bonds. The summed E-state index contributed by atoms with van der Waals surface area (Å²) in [6.07, 6.45) is -1.17. The summed E-state index contributed by atoms with van der Waals surface area (Å²) in [7, 11) is 0. The molecule has 0 spiro atoms. The second-order valence-electron chi connectivity index (χ2n) is 4.75. The molecule has 0 aliphatic rings. The lowest BCUT2D eigenvalue weighted by Crippen LogP contribution is -2.28. The lowest BCUT2D eigenvalue weighted by Gasteiger charge is -2.28. The van der Waals surface area contributed by atoms with Crippen LogP contribution in [0.25, 0.3) is 0 Å². The predicted octanol–water partition coefficient (Wildman–Crippen LogP) is 4.12. The highest BCUT2D eigenvalue weighted by Crippen LogP contribution is 2.33. The summed E-state index contributed by atoms with van der Waals surface area (Å²) >= 11 is 0. The molecule has 0 aliphatic heterocycles. The fourth-order valence-electron chi connectivity index (χ4n) is 2.11. The van der Waals surface area contributed by atoms with Crippen molar-refractivity contribution in [2.24, 2.45) is 0 Å². The molecular formula is C15H22F2O2. The van der Waals surface area contributed by atoms with Gasteiger partial charge in [0.1, 0.15) is 5.75 Å². The van der Waals surface area contributed by atoms with Gasteiger partial charge in [0.15, 0.2) is 0 Å². The molecule has 1 unspecified atom stereocenters. The van der Waals surface area contributed by atoms with E-state index in [9.17, 15) is 13.9 Å². The molecule has 0 aliphatic carbocycles. The van der Waals surface area contributed by atoms with Gasteiger partial charge in [0.25, 0.3) is 0 Å². The number of ether oxygens (including phenoxy) is 1. The van der Waals surface area contributed by atoms with E-state index in [1.54, 1.807) is 24.3 Å². The number of halogens is 2. The minimum Gasteiger partial charge on any atom is -0.494 e. The van der Waals surface area contributed by atoms with Gasteiger partial charge in [0.2, 0.25) is 6.43 Å². The van der Waals surface area contributed by atoms with E-state index in [0.29, 0.717) is 30.8 Å². The van der Waals surface area contributed by atoms with Crippen molar-refractivity contribution in [3.05, 3.63) is 29.8 Å². The fraction of sp³-hybridized carbons (Fsp3) is 0.600. The third-order valence-corrected chi connectivity index (χ3v) is 3.02. The van der Waals surface area contributed by atoms with Crippen molar-refractivity contribution in [2.45, 2.75) is 51.6 Å². The number of aliphatic hydroxyl groups is 1. The Morgan fingerprint density at radius 3 is 2.26 bits per heavy atom. The predicted molar refractivity (Wildman–Crippen MR) is 71.7 cm³/mol. The van der Waals surface area contributed by atoms with E-state index in [2.05, 4.69) is 0 Å². The monoisotopic (exact) mass is 272 g/mol. The van der Waals surface area contributed by atoms with Gasteiger partial charge in [-0.25, -0.2) is 8.78 Å². The van der Waals surface area contributed by atoms with Crippen LogP contribution in [-0.4, -0.2) is 18.1 Å². The molecule has 0 aromatic heterocycles. The van der Waals surface area contributed by atoms with Crippen molar-refractivity contribution in [3.8, 4) is 5.75 Å². The Morgan fingerprint density at radius 2 is 1.79 bits per heavy atom. The van der Waals surface area contributed by atoms with E-state index in [1.165, 1.54) is 0 Å². The van der Waals surface area contributed by atoms with Gasteiger partial charge < -0.3 is 9.84 Å². The van der Waals surface area contributed by atoms with Crippen LogP contribution < -0.4 is 4.74 Å². The largest absolute Gasteiger partial charge is 0.494 e. The summed E-state index contributed by atoms with van der Waals surface area (Å²) in [6.45, 7) is 4.50. The molecule has 0 saturated heterocycles. The molecule has 2 nitrogen and oxygen atoms in total. The van der Waals surface area contributed by atoms with E-state index in [0.717, 1.165) is 6.42 Å². The number of benzene rings is 1. The number of alkyl halides is 2.